The zero-order chi connectivity index (χ0) is 17.0. The Kier molecular flexibility index (Phi) is 5.67. The van der Waals surface area contributed by atoms with Crippen LogP contribution in [0.1, 0.15) is 23.7 Å². The van der Waals surface area contributed by atoms with Gasteiger partial charge in [-0.3, -0.25) is 4.79 Å². The second kappa shape index (κ2) is 7.51. The van der Waals surface area contributed by atoms with Crippen LogP contribution in [0.25, 0.3) is 0 Å². The Labute approximate surface area is 132 Å². The molecule has 0 spiro atoms. The fourth-order valence-electron chi connectivity index (χ4n) is 2.20. The van der Waals surface area contributed by atoms with Gasteiger partial charge in [-0.25, -0.2) is 4.79 Å². The van der Waals surface area contributed by atoms with E-state index in [4.69, 9.17) is 19.3 Å². The molecule has 23 heavy (non-hydrogen) atoms. The van der Waals surface area contributed by atoms with E-state index in [1.807, 2.05) is 0 Å². The smallest absolute Gasteiger partial charge is 0.344 e. The number of hydrogen-bond acceptors (Lipinski definition) is 8. The molecule has 1 aliphatic heterocycles. The first-order chi connectivity index (χ1) is 10.9. The maximum absolute atomic E-state index is 12.2. The summed E-state index contributed by atoms with van der Waals surface area (Å²) in [4.78, 5) is 23.2. The van der Waals surface area contributed by atoms with Crippen LogP contribution in [-0.2, 0) is 14.3 Å². The Balaban J connectivity index is 2.09. The lowest BCUT2D eigenvalue weighted by atomic mass is 10.0. The highest BCUT2D eigenvalue weighted by Crippen LogP contribution is 2.24. The molecule has 0 unspecified atom stereocenters. The number of esters is 2. The van der Waals surface area contributed by atoms with Crippen LogP contribution in [-0.4, -0.2) is 58.5 Å². The first kappa shape index (κ1) is 17.4. The zero-order valence-electron chi connectivity index (χ0n) is 12.4. The maximum Gasteiger partial charge on any atom is 0.344 e. The number of rotatable bonds is 4. The van der Waals surface area contributed by atoms with E-state index in [0.29, 0.717) is 0 Å². The van der Waals surface area contributed by atoms with Gasteiger partial charge in [-0.05, 0) is 12.1 Å². The van der Waals surface area contributed by atoms with Crippen molar-refractivity contribution in [3.63, 3.8) is 0 Å². The quantitative estimate of drug-likeness (QED) is 0.504. The van der Waals surface area contributed by atoms with Gasteiger partial charge in [-0.15, -0.1) is 0 Å². The Morgan fingerprint density at radius 1 is 1.30 bits per heavy atom. The molecule has 0 bridgehead atoms. The maximum atomic E-state index is 12.2. The van der Waals surface area contributed by atoms with Gasteiger partial charge in [-0.1, -0.05) is 12.1 Å². The summed E-state index contributed by atoms with van der Waals surface area (Å²) in [5, 5.41) is 28.4. The molecule has 8 nitrogen and oxygen atoms in total. The first-order valence-electron chi connectivity index (χ1n) is 7.03. The standard InChI is InChI=1S/C15H18O8/c1-8(17)21-11-5-3-2-4-9(11)15(20)23-13-6-10(18)14(19)12(7-16)22-13/h2-5,10,12-14,16,18-19H,6-7H2,1H3/t10-,12-,13+,14+/m1/s1. The molecule has 1 aromatic carbocycles. The molecule has 0 radical (unpaired) electrons. The molecule has 0 aliphatic carbocycles. The average Bonchev–Trinajstić information content (AvgIpc) is 2.50. The summed E-state index contributed by atoms with van der Waals surface area (Å²) in [5.41, 5.74) is 0.0208. The molecule has 1 aromatic rings. The number of carbonyl (C=O) groups is 2. The van der Waals surface area contributed by atoms with Crippen molar-refractivity contribution in [2.24, 2.45) is 0 Å². The minimum atomic E-state index is -1.26. The van der Waals surface area contributed by atoms with Crippen molar-refractivity contribution in [2.45, 2.75) is 37.9 Å². The van der Waals surface area contributed by atoms with E-state index in [1.165, 1.54) is 19.1 Å². The fourth-order valence-corrected chi connectivity index (χ4v) is 2.20. The summed E-state index contributed by atoms with van der Waals surface area (Å²) in [7, 11) is 0. The highest BCUT2D eigenvalue weighted by molar-refractivity contribution is 5.93. The molecular formula is C15H18O8. The molecular weight excluding hydrogens is 308 g/mol. The van der Waals surface area contributed by atoms with Gasteiger partial charge in [0.05, 0.1) is 12.7 Å². The van der Waals surface area contributed by atoms with Crippen LogP contribution in [0.15, 0.2) is 24.3 Å². The van der Waals surface area contributed by atoms with Gasteiger partial charge in [0.15, 0.2) is 0 Å². The van der Waals surface area contributed by atoms with Crippen molar-refractivity contribution in [1.29, 1.82) is 0 Å². The number of benzene rings is 1. The topological polar surface area (TPSA) is 123 Å². The Bertz CT molecular complexity index is 572. The molecule has 3 N–H and O–H groups in total. The summed E-state index contributed by atoms with van der Waals surface area (Å²) in [6, 6.07) is 6.02. The third kappa shape index (κ3) is 4.26. The Hall–Kier alpha value is -2.00. The van der Waals surface area contributed by atoms with E-state index in [1.54, 1.807) is 12.1 Å². The molecule has 1 heterocycles. The largest absolute Gasteiger partial charge is 0.432 e. The Morgan fingerprint density at radius 2 is 2.00 bits per heavy atom. The summed E-state index contributed by atoms with van der Waals surface area (Å²) in [6.07, 6.45) is -4.78. The van der Waals surface area contributed by atoms with Gasteiger partial charge in [0, 0.05) is 13.3 Å². The second-order valence-electron chi connectivity index (χ2n) is 5.08. The number of aliphatic hydroxyl groups is 3. The Morgan fingerprint density at radius 3 is 2.65 bits per heavy atom. The predicted octanol–water partition coefficient (Wildman–Crippen LogP) is -0.402. The lowest BCUT2D eigenvalue weighted by Crippen LogP contribution is -2.50. The van der Waals surface area contributed by atoms with Crippen LogP contribution in [0.4, 0.5) is 0 Å². The van der Waals surface area contributed by atoms with Gasteiger partial charge in [0.2, 0.25) is 6.29 Å². The molecule has 1 fully saturated rings. The van der Waals surface area contributed by atoms with E-state index in [-0.39, 0.29) is 17.7 Å². The zero-order valence-corrected chi connectivity index (χ0v) is 12.4. The van der Waals surface area contributed by atoms with E-state index in [0.717, 1.165) is 0 Å². The van der Waals surface area contributed by atoms with Gasteiger partial charge < -0.3 is 29.5 Å². The minimum Gasteiger partial charge on any atom is -0.432 e. The summed E-state index contributed by atoms with van der Waals surface area (Å²) < 4.78 is 15.3. The van der Waals surface area contributed by atoms with Gasteiger partial charge >= 0.3 is 11.9 Å². The lowest BCUT2D eigenvalue weighted by molar-refractivity contribution is -0.239. The van der Waals surface area contributed by atoms with Gasteiger partial charge in [0.25, 0.3) is 0 Å². The van der Waals surface area contributed by atoms with Gasteiger partial charge in [0.1, 0.15) is 23.5 Å². The fraction of sp³-hybridized carbons (Fsp3) is 0.467. The molecule has 2 rings (SSSR count). The molecule has 0 aromatic heterocycles. The number of ether oxygens (including phenoxy) is 3. The average molecular weight is 326 g/mol. The van der Waals surface area contributed by atoms with Crippen molar-refractivity contribution in [3.8, 4) is 5.75 Å². The van der Waals surface area contributed by atoms with Crippen LogP contribution in [0.2, 0.25) is 0 Å². The van der Waals surface area contributed by atoms with Crippen LogP contribution in [0.3, 0.4) is 0 Å². The van der Waals surface area contributed by atoms with E-state index in [9.17, 15) is 19.8 Å². The number of para-hydroxylation sites is 1. The normalized spacial score (nSPS) is 27.3. The van der Waals surface area contributed by atoms with Crippen molar-refractivity contribution in [2.75, 3.05) is 6.61 Å². The SMILES string of the molecule is CC(=O)Oc1ccccc1C(=O)O[C@H]1C[C@@H](O)[C@H](O)[C@@H](CO)O1. The number of aliphatic hydroxyl groups excluding tert-OH is 3. The molecule has 4 atom stereocenters. The van der Waals surface area contributed by atoms with Crippen molar-refractivity contribution in [1.82, 2.24) is 0 Å². The minimum absolute atomic E-state index is 0.0208. The van der Waals surface area contributed by atoms with Gasteiger partial charge in [-0.2, -0.15) is 0 Å². The van der Waals surface area contributed by atoms with Crippen LogP contribution in [0, 0.1) is 0 Å². The molecule has 1 saturated heterocycles. The first-order valence-corrected chi connectivity index (χ1v) is 7.03. The monoisotopic (exact) mass is 326 g/mol. The molecule has 0 amide bonds. The summed E-state index contributed by atoms with van der Waals surface area (Å²) >= 11 is 0. The van der Waals surface area contributed by atoms with Crippen molar-refractivity contribution in [3.05, 3.63) is 29.8 Å². The summed E-state index contributed by atoms with van der Waals surface area (Å²) in [6.45, 7) is 0.673. The third-order valence-corrected chi connectivity index (χ3v) is 3.31. The predicted molar refractivity (Wildman–Crippen MR) is 75.5 cm³/mol. The molecule has 126 valence electrons. The van der Waals surface area contributed by atoms with Crippen molar-refractivity contribution >= 4 is 11.9 Å². The number of hydrogen-bond donors (Lipinski definition) is 3. The summed E-state index contributed by atoms with van der Waals surface area (Å²) in [5.74, 6) is -1.36. The van der Waals surface area contributed by atoms with Crippen LogP contribution >= 0.6 is 0 Å². The van der Waals surface area contributed by atoms with E-state index >= 15 is 0 Å². The second-order valence-corrected chi connectivity index (χ2v) is 5.08. The van der Waals surface area contributed by atoms with E-state index in [2.05, 4.69) is 0 Å². The highest BCUT2D eigenvalue weighted by atomic mass is 16.7. The number of carbonyl (C=O) groups excluding carboxylic acids is 2. The molecule has 0 saturated carbocycles. The van der Waals surface area contributed by atoms with Crippen LogP contribution < -0.4 is 4.74 Å². The third-order valence-electron chi connectivity index (χ3n) is 3.31. The van der Waals surface area contributed by atoms with Crippen LogP contribution in [0.5, 0.6) is 5.75 Å². The highest BCUT2D eigenvalue weighted by Gasteiger charge is 2.38. The lowest BCUT2D eigenvalue weighted by Gasteiger charge is -2.35. The van der Waals surface area contributed by atoms with E-state index < -0.39 is 43.1 Å². The molecule has 1 aliphatic rings. The van der Waals surface area contributed by atoms with Crippen molar-refractivity contribution < 1.29 is 39.1 Å². The molecule has 8 heteroatoms.